The summed E-state index contributed by atoms with van der Waals surface area (Å²) in [6, 6.07) is 23.2. The third kappa shape index (κ3) is 4.61. The van der Waals surface area contributed by atoms with Gasteiger partial charge in [0.1, 0.15) is 11.5 Å². The fraction of sp³-hybridized carbons (Fsp3) is 0.154. The van der Waals surface area contributed by atoms with Crippen molar-refractivity contribution >= 4 is 35.0 Å². The molecule has 2 heterocycles. The summed E-state index contributed by atoms with van der Waals surface area (Å²) in [6.45, 7) is 4.86. The smallest absolute Gasteiger partial charge is 0.319 e. The predicted octanol–water partition coefficient (Wildman–Crippen LogP) is 5.14. The summed E-state index contributed by atoms with van der Waals surface area (Å²) in [5, 5.41) is 22.0. The SMILES string of the molecule is CCNC(=O)Nc1ccc(C2=NN(Cc3ccc(Cl)cc3)c3nnc(C)n3-c3ccccc32)cc1. The molecule has 5 rings (SSSR count). The number of amides is 2. The lowest BCUT2D eigenvalue weighted by Crippen LogP contribution is -2.28. The van der Waals surface area contributed by atoms with Crippen LogP contribution in [0.3, 0.4) is 0 Å². The third-order valence-electron chi connectivity index (χ3n) is 5.66. The molecule has 1 aliphatic rings. The van der Waals surface area contributed by atoms with Gasteiger partial charge in [0.15, 0.2) is 0 Å². The molecule has 0 bridgehead atoms. The maximum atomic E-state index is 11.9. The van der Waals surface area contributed by atoms with E-state index in [1.807, 2.05) is 96.2 Å². The highest BCUT2D eigenvalue weighted by atomic mass is 35.5. The first-order chi connectivity index (χ1) is 17.0. The summed E-state index contributed by atoms with van der Waals surface area (Å²) in [4.78, 5) is 11.9. The number of para-hydroxylation sites is 1. The van der Waals surface area contributed by atoms with Gasteiger partial charge >= 0.3 is 6.03 Å². The lowest BCUT2D eigenvalue weighted by Gasteiger charge is -2.18. The van der Waals surface area contributed by atoms with Crippen LogP contribution in [0.4, 0.5) is 16.4 Å². The van der Waals surface area contributed by atoms with Gasteiger partial charge in [-0.25, -0.2) is 9.80 Å². The number of urea groups is 1. The number of halogens is 1. The molecule has 0 unspecified atom stereocenters. The molecule has 0 aliphatic carbocycles. The van der Waals surface area contributed by atoms with Gasteiger partial charge in [-0.2, -0.15) is 5.10 Å². The second kappa shape index (κ2) is 9.60. The molecule has 0 spiro atoms. The van der Waals surface area contributed by atoms with Gasteiger partial charge in [-0.05, 0) is 49.7 Å². The molecule has 0 saturated carbocycles. The number of aromatic nitrogens is 3. The predicted molar refractivity (Wildman–Crippen MR) is 139 cm³/mol. The highest BCUT2D eigenvalue weighted by Gasteiger charge is 2.26. The minimum atomic E-state index is -0.236. The Morgan fingerprint density at radius 3 is 2.46 bits per heavy atom. The zero-order valence-corrected chi connectivity index (χ0v) is 20.1. The zero-order chi connectivity index (χ0) is 24.4. The van der Waals surface area contributed by atoms with E-state index in [4.69, 9.17) is 16.7 Å². The van der Waals surface area contributed by atoms with E-state index >= 15 is 0 Å². The molecule has 4 aromatic rings. The summed E-state index contributed by atoms with van der Waals surface area (Å²) in [5.41, 5.74) is 5.36. The van der Waals surface area contributed by atoms with Crippen LogP contribution in [0.5, 0.6) is 0 Å². The summed E-state index contributed by atoms with van der Waals surface area (Å²) >= 11 is 6.09. The van der Waals surface area contributed by atoms with Crippen LogP contribution in [0.15, 0.2) is 77.9 Å². The molecule has 1 aromatic heterocycles. The van der Waals surface area contributed by atoms with Gasteiger partial charge in [-0.3, -0.25) is 4.57 Å². The van der Waals surface area contributed by atoms with Crippen molar-refractivity contribution in [2.24, 2.45) is 5.10 Å². The molecule has 2 N–H and O–H groups in total. The molecule has 0 atom stereocenters. The minimum absolute atomic E-state index is 0.236. The first kappa shape index (κ1) is 22.6. The largest absolute Gasteiger partial charge is 0.338 e. The van der Waals surface area contributed by atoms with Crippen LogP contribution in [-0.4, -0.2) is 33.1 Å². The Morgan fingerprint density at radius 2 is 1.71 bits per heavy atom. The third-order valence-corrected chi connectivity index (χ3v) is 5.91. The van der Waals surface area contributed by atoms with Gasteiger partial charge in [0.05, 0.1) is 12.2 Å². The van der Waals surface area contributed by atoms with Crippen molar-refractivity contribution in [3.8, 4) is 5.69 Å². The molecule has 2 amide bonds. The molecule has 176 valence electrons. The molecule has 8 nitrogen and oxygen atoms in total. The second-order valence-electron chi connectivity index (χ2n) is 8.09. The number of benzene rings is 3. The molecular formula is C26H24ClN7O. The van der Waals surface area contributed by atoms with Crippen molar-refractivity contribution in [1.82, 2.24) is 20.1 Å². The summed E-state index contributed by atoms with van der Waals surface area (Å²) in [7, 11) is 0. The first-order valence-corrected chi connectivity index (χ1v) is 11.7. The number of hydrogen-bond donors (Lipinski definition) is 2. The van der Waals surface area contributed by atoms with E-state index in [1.165, 1.54) is 0 Å². The standard InChI is InChI=1S/C26H24ClN7O/c1-3-28-25(35)29-21-14-10-19(11-15-21)24-22-6-4-5-7-23(22)34-17(2)30-31-26(34)33(32-24)16-18-8-12-20(27)13-9-18/h4-15H,3,16H2,1-2H3,(H2,28,29,35). The van der Waals surface area contributed by atoms with Crippen molar-refractivity contribution < 1.29 is 4.79 Å². The summed E-state index contributed by atoms with van der Waals surface area (Å²) in [6.07, 6.45) is 0. The molecule has 0 saturated heterocycles. The summed E-state index contributed by atoms with van der Waals surface area (Å²) < 4.78 is 2.02. The topological polar surface area (TPSA) is 87.4 Å². The monoisotopic (exact) mass is 485 g/mol. The minimum Gasteiger partial charge on any atom is -0.338 e. The molecule has 1 aliphatic heterocycles. The van der Waals surface area contributed by atoms with Crippen LogP contribution >= 0.6 is 11.6 Å². The number of nitrogens with zero attached hydrogens (tertiary/aromatic N) is 5. The Morgan fingerprint density at radius 1 is 0.971 bits per heavy atom. The number of fused-ring (bicyclic) bond motifs is 3. The number of nitrogens with one attached hydrogen (secondary N) is 2. The maximum absolute atomic E-state index is 11.9. The molecule has 0 radical (unpaired) electrons. The second-order valence-corrected chi connectivity index (χ2v) is 8.53. The quantitative estimate of drug-likeness (QED) is 0.409. The van der Waals surface area contributed by atoms with E-state index in [1.54, 1.807) is 0 Å². The van der Waals surface area contributed by atoms with Crippen molar-refractivity contribution in [2.45, 2.75) is 20.4 Å². The summed E-state index contributed by atoms with van der Waals surface area (Å²) in [5.74, 6) is 1.40. The van der Waals surface area contributed by atoms with Crippen LogP contribution in [-0.2, 0) is 6.54 Å². The van der Waals surface area contributed by atoms with E-state index < -0.39 is 0 Å². The Kier molecular flexibility index (Phi) is 6.20. The van der Waals surface area contributed by atoms with Crippen LogP contribution in [0, 0.1) is 6.92 Å². The fourth-order valence-electron chi connectivity index (χ4n) is 4.02. The molecule has 35 heavy (non-hydrogen) atoms. The molecule has 3 aromatic carbocycles. The van der Waals surface area contributed by atoms with Gasteiger partial charge in [0.25, 0.3) is 5.95 Å². The normalized spacial score (nSPS) is 12.3. The van der Waals surface area contributed by atoms with E-state index in [9.17, 15) is 4.79 Å². The lowest BCUT2D eigenvalue weighted by atomic mass is 10.0. The molecule has 9 heteroatoms. The van der Waals surface area contributed by atoms with Crippen molar-refractivity contribution in [3.05, 3.63) is 100 Å². The Bertz CT molecular complexity index is 1390. The lowest BCUT2D eigenvalue weighted by molar-refractivity contribution is 0.252. The number of aryl methyl sites for hydroxylation is 1. The van der Waals surface area contributed by atoms with Gasteiger partial charge in [0.2, 0.25) is 0 Å². The highest BCUT2D eigenvalue weighted by Crippen LogP contribution is 2.31. The first-order valence-electron chi connectivity index (χ1n) is 11.3. The van der Waals surface area contributed by atoms with Gasteiger partial charge < -0.3 is 10.6 Å². The fourth-order valence-corrected chi connectivity index (χ4v) is 4.14. The number of hydrogen-bond acceptors (Lipinski definition) is 5. The highest BCUT2D eigenvalue weighted by molar-refractivity contribution is 6.30. The maximum Gasteiger partial charge on any atom is 0.319 e. The van der Waals surface area contributed by atoms with E-state index in [0.717, 1.165) is 33.9 Å². The van der Waals surface area contributed by atoms with Crippen LogP contribution in [0.2, 0.25) is 5.02 Å². The van der Waals surface area contributed by atoms with Gasteiger partial charge in [0, 0.05) is 28.4 Å². The number of anilines is 2. The number of carbonyl (C=O) groups excluding carboxylic acids is 1. The van der Waals surface area contributed by atoms with Crippen LogP contribution < -0.4 is 15.6 Å². The molecular weight excluding hydrogens is 462 g/mol. The Labute approximate surface area is 208 Å². The van der Waals surface area contributed by atoms with E-state index in [0.29, 0.717) is 29.7 Å². The zero-order valence-electron chi connectivity index (χ0n) is 19.4. The van der Waals surface area contributed by atoms with Crippen LogP contribution in [0.1, 0.15) is 29.4 Å². The Balaban J connectivity index is 1.59. The number of rotatable bonds is 5. The molecule has 0 fully saturated rings. The average Bonchev–Trinajstić information content (AvgIpc) is 3.18. The van der Waals surface area contributed by atoms with Gasteiger partial charge in [-0.1, -0.05) is 54.1 Å². The van der Waals surface area contributed by atoms with Crippen LogP contribution in [0.25, 0.3) is 5.69 Å². The van der Waals surface area contributed by atoms with Crippen molar-refractivity contribution in [1.29, 1.82) is 0 Å². The number of carbonyl (C=O) groups is 1. The average molecular weight is 486 g/mol. The van der Waals surface area contributed by atoms with E-state index in [-0.39, 0.29) is 6.03 Å². The van der Waals surface area contributed by atoms with Crippen molar-refractivity contribution in [2.75, 3.05) is 16.9 Å². The van der Waals surface area contributed by atoms with E-state index in [2.05, 4.69) is 20.8 Å². The Hall–Kier alpha value is -4.17. The van der Waals surface area contributed by atoms with Crippen molar-refractivity contribution in [3.63, 3.8) is 0 Å². The van der Waals surface area contributed by atoms with Gasteiger partial charge in [-0.15, -0.1) is 10.2 Å². The number of hydrazone groups is 1.